The number of aromatic nitrogens is 2. The van der Waals surface area contributed by atoms with E-state index in [2.05, 4.69) is 4.98 Å². The van der Waals surface area contributed by atoms with Crippen LogP contribution in [0.5, 0.6) is 0 Å². The van der Waals surface area contributed by atoms with Crippen LogP contribution in [0.3, 0.4) is 0 Å². The van der Waals surface area contributed by atoms with Crippen molar-refractivity contribution in [1.82, 2.24) is 9.66 Å². The van der Waals surface area contributed by atoms with E-state index in [1.54, 1.807) is 13.3 Å². The first-order valence-electron chi connectivity index (χ1n) is 2.73. The Morgan fingerprint density at radius 1 is 1.90 bits per heavy atom. The van der Waals surface area contributed by atoms with Crippen LogP contribution in [0, 0.1) is 16.5 Å². The summed E-state index contributed by atoms with van der Waals surface area (Å²) in [5.74, 6) is 0.352. The van der Waals surface area contributed by atoms with E-state index in [-0.39, 0.29) is 0 Å². The van der Waals surface area contributed by atoms with Crippen LogP contribution in [0.15, 0.2) is 12.4 Å². The fourth-order valence-electron chi connectivity index (χ4n) is 0.653. The molecule has 0 aliphatic heterocycles. The second-order valence-electron chi connectivity index (χ2n) is 1.66. The first-order valence-corrected chi connectivity index (χ1v) is 2.73. The van der Waals surface area contributed by atoms with Gasteiger partial charge in [0.25, 0.3) is 0 Å². The Kier molecular flexibility index (Phi) is 1.66. The molecule has 0 aromatic carbocycles. The molecular formula is C5H6N3O2. The summed E-state index contributed by atoms with van der Waals surface area (Å²) >= 11 is 0. The van der Waals surface area contributed by atoms with Crippen molar-refractivity contribution >= 4 is 0 Å². The van der Waals surface area contributed by atoms with Crippen molar-refractivity contribution < 1.29 is 5.03 Å². The van der Waals surface area contributed by atoms with E-state index in [1.807, 2.05) is 0 Å². The van der Waals surface area contributed by atoms with Gasteiger partial charge < -0.3 is 0 Å². The average molecular weight is 140 g/mol. The topological polar surface area (TPSA) is 61.0 Å². The smallest absolute Gasteiger partial charge is 0.179 e. The minimum absolute atomic E-state index is 0.352. The zero-order valence-electron chi connectivity index (χ0n) is 5.39. The molecule has 0 saturated heterocycles. The number of hydrogen-bond donors (Lipinski definition) is 0. The first-order chi connectivity index (χ1) is 4.75. The number of rotatable bonds is 2. The number of nitro groups is 1. The van der Waals surface area contributed by atoms with Crippen molar-refractivity contribution in [2.24, 2.45) is 0 Å². The van der Waals surface area contributed by atoms with Crippen molar-refractivity contribution in [2.45, 2.75) is 6.92 Å². The Bertz CT molecular complexity index is 243. The molecule has 0 fully saturated rings. The molecule has 0 aliphatic carbocycles. The Morgan fingerprint density at radius 3 is 3.00 bits per heavy atom. The molecule has 0 bridgehead atoms. The fraction of sp³-hybridized carbons (Fsp3) is 0.200. The lowest BCUT2D eigenvalue weighted by Gasteiger charge is -1.91. The third kappa shape index (κ3) is 0.975. The second-order valence-corrected chi connectivity index (χ2v) is 1.66. The van der Waals surface area contributed by atoms with Crippen molar-refractivity contribution in [3.8, 4) is 0 Å². The van der Waals surface area contributed by atoms with Crippen LogP contribution in [-0.2, 0) is 0 Å². The molecule has 1 rings (SSSR count). The van der Waals surface area contributed by atoms with Crippen molar-refractivity contribution in [3.63, 3.8) is 0 Å². The zero-order valence-corrected chi connectivity index (χ0v) is 5.39. The van der Waals surface area contributed by atoms with E-state index in [4.69, 9.17) is 0 Å². The summed E-state index contributed by atoms with van der Waals surface area (Å²) in [4.78, 5) is 13.9. The lowest BCUT2D eigenvalue weighted by Crippen LogP contribution is -2.09. The Labute approximate surface area is 57.4 Å². The predicted octanol–water partition coefficient (Wildman–Crippen LogP) is 0.495. The lowest BCUT2D eigenvalue weighted by atomic mass is 10.5. The summed E-state index contributed by atoms with van der Waals surface area (Å²) in [6, 6.07) is 0. The summed E-state index contributed by atoms with van der Waals surface area (Å²) in [7, 11) is 0. The van der Waals surface area contributed by atoms with Crippen LogP contribution in [0.1, 0.15) is 12.7 Å². The molecule has 0 atom stereocenters. The van der Waals surface area contributed by atoms with Gasteiger partial charge in [-0.2, -0.15) is 0 Å². The van der Waals surface area contributed by atoms with E-state index >= 15 is 0 Å². The van der Waals surface area contributed by atoms with Gasteiger partial charge in [0.2, 0.25) is 0 Å². The van der Waals surface area contributed by atoms with Gasteiger partial charge in [-0.1, -0.05) is 11.6 Å². The van der Waals surface area contributed by atoms with Crippen LogP contribution < -0.4 is 0 Å². The lowest BCUT2D eigenvalue weighted by molar-refractivity contribution is -0.543. The molecule has 53 valence electrons. The Morgan fingerprint density at radius 2 is 2.60 bits per heavy atom. The molecule has 1 radical (unpaired) electrons. The van der Waals surface area contributed by atoms with Gasteiger partial charge in [0.05, 0.1) is 12.4 Å². The third-order valence-corrected chi connectivity index (χ3v) is 1.08. The molecule has 0 aliphatic rings. The van der Waals surface area contributed by atoms with E-state index < -0.39 is 5.03 Å². The highest BCUT2D eigenvalue weighted by Crippen LogP contribution is 1.97. The van der Waals surface area contributed by atoms with Crippen LogP contribution in [-0.4, -0.2) is 14.7 Å². The minimum atomic E-state index is -0.525. The summed E-state index contributed by atoms with van der Waals surface area (Å²) in [5, 5.41) is 9.62. The summed E-state index contributed by atoms with van der Waals surface area (Å²) in [6.45, 7) is 1.70. The molecule has 5 heteroatoms. The zero-order chi connectivity index (χ0) is 7.56. The maximum Gasteiger partial charge on any atom is 0.179 e. The summed E-state index contributed by atoms with van der Waals surface area (Å²) in [6.07, 6.45) is 4.26. The van der Waals surface area contributed by atoms with E-state index in [9.17, 15) is 10.1 Å². The van der Waals surface area contributed by atoms with Crippen molar-refractivity contribution in [1.29, 1.82) is 0 Å². The molecule has 1 aromatic rings. The van der Waals surface area contributed by atoms with Gasteiger partial charge in [0.1, 0.15) is 0 Å². The number of nitrogens with zero attached hydrogens (tertiary/aromatic N) is 3. The fourth-order valence-corrected chi connectivity index (χ4v) is 0.653. The molecule has 0 unspecified atom stereocenters. The Hall–Kier alpha value is -1.39. The van der Waals surface area contributed by atoms with E-state index in [0.717, 1.165) is 4.68 Å². The van der Waals surface area contributed by atoms with Crippen LogP contribution in [0.25, 0.3) is 0 Å². The first kappa shape index (κ1) is 6.73. The van der Waals surface area contributed by atoms with Crippen molar-refractivity contribution in [2.75, 3.05) is 0 Å². The molecule has 1 heterocycles. The second kappa shape index (κ2) is 2.47. The normalized spacial score (nSPS) is 9.70. The van der Waals surface area contributed by atoms with Gasteiger partial charge in [-0.05, 0) is 0 Å². The van der Waals surface area contributed by atoms with E-state index in [0.29, 0.717) is 5.82 Å². The number of imidazole rings is 1. The maximum atomic E-state index is 10.2. The molecule has 0 amide bonds. The van der Waals surface area contributed by atoms with Gasteiger partial charge in [-0.15, -0.1) is 0 Å². The highest BCUT2D eigenvalue weighted by molar-refractivity contribution is 4.99. The van der Waals surface area contributed by atoms with Crippen LogP contribution in [0.4, 0.5) is 0 Å². The largest absolute Gasteiger partial charge is 0.235 e. The van der Waals surface area contributed by atoms with Crippen LogP contribution in [0.2, 0.25) is 0 Å². The molecule has 10 heavy (non-hydrogen) atoms. The quantitative estimate of drug-likeness (QED) is 0.443. The average Bonchev–Trinajstić information content (AvgIpc) is 2.33. The molecule has 0 spiro atoms. The highest BCUT2D eigenvalue weighted by atomic mass is 16.7. The van der Waals surface area contributed by atoms with Crippen LogP contribution >= 0.6 is 0 Å². The minimum Gasteiger partial charge on any atom is -0.235 e. The van der Waals surface area contributed by atoms with E-state index in [1.165, 1.54) is 12.4 Å². The monoisotopic (exact) mass is 140 g/mol. The van der Waals surface area contributed by atoms with Gasteiger partial charge >= 0.3 is 0 Å². The molecule has 5 nitrogen and oxygen atoms in total. The predicted molar refractivity (Wildman–Crippen MR) is 33.7 cm³/mol. The van der Waals surface area contributed by atoms with Gasteiger partial charge in [-0.3, -0.25) is 0 Å². The van der Waals surface area contributed by atoms with Gasteiger partial charge in [0, 0.05) is 6.42 Å². The molecule has 1 aromatic heterocycles. The summed E-state index contributed by atoms with van der Waals surface area (Å²) in [5.41, 5.74) is 0. The molecular weight excluding hydrogens is 134 g/mol. The van der Waals surface area contributed by atoms with Crippen molar-refractivity contribution in [3.05, 3.63) is 34.8 Å². The maximum absolute atomic E-state index is 10.2. The molecule has 0 saturated carbocycles. The summed E-state index contributed by atoms with van der Waals surface area (Å²) < 4.78 is 0.861. The SMILES string of the molecule is C[CH]c1nccn1[N+](=O)[O-]. The Balaban J connectivity index is 3.01. The number of hydrogen-bond acceptors (Lipinski definition) is 3. The standard InChI is InChI=1S/C5H6N3O2/c1-2-5-6-3-4-7(5)8(9)10/h2-4H,1H3. The highest BCUT2D eigenvalue weighted by Gasteiger charge is 2.07. The van der Waals surface area contributed by atoms with Gasteiger partial charge in [-0.25, -0.2) is 15.1 Å². The van der Waals surface area contributed by atoms with Gasteiger partial charge in [0.15, 0.2) is 10.9 Å². The molecule has 0 N–H and O–H groups in total. The third-order valence-electron chi connectivity index (χ3n) is 1.08.